The predicted octanol–water partition coefficient (Wildman–Crippen LogP) is 1.72. The summed E-state index contributed by atoms with van der Waals surface area (Å²) >= 11 is 0. The van der Waals surface area contributed by atoms with Gasteiger partial charge in [0.2, 0.25) is 15.9 Å². The first-order valence-corrected chi connectivity index (χ1v) is 9.07. The van der Waals surface area contributed by atoms with Gasteiger partial charge in [0.05, 0.1) is 4.90 Å². The quantitative estimate of drug-likeness (QED) is 0.827. The minimum absolute atomic E-state index is 0.110. The molecule has 2 rings (SSSR count). The van der Waals surface area contributed by atoms with Crippen molar-refractivity contribution in [2.45, 2.75) is 25.3 Å². The van der Waals surface area contributed by atoms with E-state index in [9.17, 15) is 13.2 Å². The van der Waals surface area contributed by atoms with Gasteiger partial charge in [0.25, 0.3) is 0 Å². The van der Waals surface area contributed by atoms with Crippen LogP contribution in [0.5, 0.6) is 0 Å². The van der Waals surface area contributed by atoms with Crippen LogP contribution < -0.4 is 4.72 Å². The molecule has 1 N–H and O–H groups in total. The topological polar surface area (TPSA) is 79.4 Å². The summed E-state index contributed by atoms with van der Waals surface area (Å²) < 4.78 is 27.1. The van der Waals surface area contributed by atoms with Crippen molar-refractivity contribution < 1.29 is 13.2 Å². The number of aromatic nitrogens is 1. The highest BCUT2D eigenvalue weighted by molar-refractivity contribution is 7.89. The average Bonchev–Trinajstić information content (AvgIpc) is 2.54. The number of rotatable bonds is 7. The minimum atomic E-state index is -3.57. The molecule has 7 heteroatoms. The zero-order chi connectivity index (χ0) is 17.6. The summed E-state index contributed by atoms with van der Waals surface area (Å²) in [6.07, 6.45) is 3.32. The molecule has 1 aromatic carbocycles. The average molecular weight is 347 g/mol. The maximum absolute atomic E-state index is 12.3. The molecule has 6 nitrogen and oxygen atoms in total. The second-order valence-corrected chi connectivity index (χ2v) is 7.28. The fourth-order valence-corrected chi connectivity index (χ4v) is 3.36. The molecule has 0 unspecified atom stereocenters. The summed E-state index contributed by atoms with van der Waals surface area (Å²) in [5, 5.41) is 0. The SMILES string of the molecule is CC(=O)N(CCNS(=O)(=O)c1cccc(C)c1)Cc1ccncc1. The van der Waals surface area contributed by atoms with Gasteiger partial charge in [0.15, 0.2) is 0 Å². The van der Waals surface area contributed by atoms with Gasteiger partial charge in [0.1, 0.15) is 0 Å². The molecule has 2 aromatic rings. The van der Waals surface area contributed by atoms with Gasteiger partial charge in [-0.3, -0.25) is 9.78 Å². The predicted molar refractivity (Wildman–Crippen MR) is 91.7 cm³/mol. The summed E-state index contributed by atoms with van der Waals surface area (Å²) in [5.41, 5.74) is 1.82. The Morgan fingerprint density at radius 2 is 1.92 bits per heavy atom. The van der Waals surface area contributed by atoms with Gasteiger partial charge in [-0.15, -0.1) is 0 Å². The molecule has 1 aromatic heterocycles. The molecule has 1 amide bonds. The normalized spacial score (nSPS) is 11.2. The molecule has 0 aliphatic heterocycles. The van der Waals surface area contributed by atoms with E-state index < -0.39 is 10.0 Å². The van der Waals surface area contributed by atoms with Gasteiger partial charge in [-0.25, -0.2) is 13.1 Å². The van der Waals surface area contributed by atoms with E-state index in [0.29, 0.717) is 13.1 Å². The Balaban J connectivity index is 1.96. The number of aryl methyl sites for hydroxylation is 1. The number of nitrogens with one attached hydrogen (secondary N) is 1. The fourth-order valence-electron chi connectivity index (χ4n) is 2.24. The van der Waals surface area contributed by atoms with Crippen LogP contribution in [0, 0.1) is 6.92 Å². The maximum Gasteiger partial charge on any atom is 0.240 e. The number of nitrogens with zero attached hydrogens (tertiary/aromatic N) is 2. The molecule has 0 bridgehead atoms. The van der Waals surface area contributed by atoms with Gasteiger partial charge < -0.3 is 4.90 Å². The van der Waals surface area contributed by atoms with Crippen LogP contribution in [0.2, 0.25) is 0 Å². The number of benzene rings is 1. The standard InChI is InChI=1S/C17H21N3O3S/c1-14-4-3-5-17(12-14)24(22,23)19-10-11-20(15(2)21)13-16-6-8-18-9-7-16/h3-9,12,19H,10-11,13H2,1-2H3. The summed E-state index contributed by atoms with van der Waals surface area (Å²) in [6, 6.07) is 10.4. The van der Waals surface area contributed by atoms with Gasteiger partial charge in [0, 0.05) is 39.0 Å². The fraction of sp³-hybridized carbons (Fsp3) is 0.294. The van der Waals surface area contributed by atoms with E-state index in [1.807, 2.05) is 25.1 Å². The molecule has 0 atom stereocenters. The third kappa shape index (κ3) is 5.14. The molecule has 0 saturated heterocycles. The van der Waals surface area contributed by atoms with Crippen molar-refractivity contribution >= 4 is 15.9 Å². The highest BCUT2D eigenvalue weighted by atomic mass is 32.2. The van der Waals surface area contributed by atoms with Crippen LogP contribution in [0.15, 0.2) is 53.7 Å². The largest absolute Gasteiger partial charge is 0.337 e. The van der Waals surface area contributed by atoms with E-state index in [2.05, 4.69) is 9.71 Å². The Bertz CT molecular complexity index is 792. The number of carbonyl (C=O) groups excluding carboxylic acids is 1. The first-order valence-electron chi connectivity index (χ1n) is 7.59. The van der Waals surface area contributed by atoms with E-state index in [4.69, 9.17) is 0 Å². The van der Waals surface area contributed by atoms with Crippen LogP contribution in [-0.2, 0) is 21.4 Å². The van der Waals surface area contributed by atoms with Crippen molar-refractivity contribution in [2.24, 2.45) is 0 Å². The Labute approximate surface area is 142 Å². The number of pyridine rings is 1. The zero-order valence-corrected chi connectivity index (χ0v) is 14.6. The Morgan fingerprint density at radius 1 is 1.21 bits per heavy atom. The molecule has 0 aliphatic rings. The van der Waals surface area contributed by atoms with Crippen LogP contribution in [0.25, 0.3) is 0 Å². The third-order valence-electron chi connectivity index (χ3n) is 3.54. The highest BCUT2D eigenvalue weighted by Gasteiger charge is 2.15. The van der Waals surface area contributed by atoms with Crippen molar-refractivity contribution in [3.8, 4) is 0 Å². The lowest BCUT2D eigenvalue weighted by Crippen LogP contribution is -2.37. The van der Waals surface area contributed by atoms with E-state index in [1.165, 1.54) is 6.92 Å². The Kier molecular flexibility index (Phi) is 6.05. The summed E-state index contributed by atoms with van der Waals surface area (Å²) in [4.78, 5) is 17.5. The van der Waals surface area contributed by atoms with Crippen molar-refractivity contribution in [3.63, 3.8) is 0 Å². The number of hydrogen-bond donors (Lipinski definition) is 1. The first kappa shape index (κ1) is 18.1. The number of sulfonamides is 1. The van der Waals surface area contributed by atoms with E-state index >= 15 is 0 Å². The Hall–Kier alpha value is -2.25. The van der Waals surface area contributed by atoms with Gasteiger partial charge in [-0.1, -0.05) is 12.1 Å². The van der Waals surface area contributed by atoms with Crippen molar-refractivity contribution in [1.29, 1.82) is 0 Å². The zero-order valence-electron chi connectivity index (χ0n) is 13.8. The van der Waals surface area contributed by atoms with Gasteiger partial charge >= 0.3 is 0 Å². The lowest BCUT2D eigenvalue weighted by atomic mass is 10.2. The molecule has 0 fully saturated rings. The van der Waals surface area contributed by atoms with Crippen LogP contribution in [0.4, 0.5) is 0 Å². The number of hydrogen-bond acceptors (Lipinski definition) is 4. The second kappa shape index (κ2) is 8.03. The summed E-state index contributed by atoms with van der Waals surface area (Å²) in [6.45, 7) is 4.18. The van der Waals surface area contributed by atoms with Crippen LogP contribution in [-0.4, -0.2) is 37.3 Å². The van der Waals surface area contributed by atoms with Crippen LogP contribution in [0.3, 0.4) is 0 Å². The molecule has 0 spiro atoms. The van der Waals surface area contributed by atoms with Crippen LogP contribution in [0.1, 0.15) is 18.1 Å². The minimum Gasteiger partial charge on any atom is -0.337 e. The number of amides is 1. The van der Waals surface area contributed by atoms with E-state index in [1.54, 1.807) is 35.5 Å². The number of carbonyl (C=O) groups is 1. The molecule has 0 saturated carbocycles. The van der Waals surface area contributed by atoms with E-state index in [0.717, 1.165) is 11.1 Å². The lowest BCUT2D eigenvalue weighted by molar-refractivity contribution is -0.129. The Morgan fingerprint density at radius 3 is 2.54 bits per heavy atom. The molecular formula is C17H21N3O3S. The monoisotopic (exact) mass is 347 g/mol. The van der Waals surface area contributed by atoms with Crippen molar-refractivity contribution in [1.82, 2.24) is 14.6 Å². The molecule has 0 aliphatic carbocycles. The van der Waals surface area contributed by atoms with E-state index in [-0.39, 0.29) is 17.3 Å². The van der Waals surface area contributed by atoms with Crippen LogP contribution >= 0.6 is 0 Å². The van der Waals surface area contributed by atoms with Gasteiger partial charge in [-0.05, 0) is 42.3 Å². The maximum atomic E-state index is 12.3. The third-order valence-corrected chi connectivity index (χ3v) is 5.00. The summed E-state index contributed by atoms with van der Waals surface area (Å²) in [7, 11) is -3.57. The van der Waals surface area contributed by atoms with Crippen molar-refractivity contribution in [2.75, 3.05) is 13.1 Å². The highest BCUT2D eigenvalue weighted by Crippen LogP contribution is 2.10. The molecule has 0 radical (unpaired) electrons. The molecule has 128 valence electrons. The lowest BCUT2D eigenvalue weighted by Gasteiger charge is -2.21. The molecule has 24 heavy (non-hydrogen) atoms. The molecule has 1 heterocycles. The smallest absolute Gasteiger partial charge is 0.240 e. The van der Waals surface area contributed by atoms with Gasteiger partial charge in [-0.2, -0.15) is 0 Å². The second-order valence-electron chi connectivity index (χ2n) is 5.51. The molecular weight excluding hydrogens is 326 g/mol. The summed E-state index contributed by atoms with van der Waals surface area (Å²) in [5.74, 6) is -0.110. The van der Waals surface area contributed by atoms with Crippen molar-refractivity contribution in [3.05, 3.63) is 59.9 Å². The first-order chi connectivity index (χ1) is 11.4.